The molecule has 1 aliphatic carbocycles. The smallest absolute Gasteiger partial charge is 0.252 e. The van der Waals surface area contributed by atoms with Gasteiger partial charge in [0, 0.05) is 32.1 Å². The number of hydrogen-bond acceptors (Lipinski definition) is 6. The van der Waals surface area contributed by atoms with Gasteiger partial charge in [0.25, 0.3) is 11.8 Å². The number of carbonyl (C=O) groups is 2. The van der Waals surface area contributed by atoms with Crippen molar-refractivity contribution in [2.24, 2.45) is 5.92 Å². The number of fused-ring (bicyclic) bond motifs is 2. The predicted octanol–water partition coefficient (Wildman–Crippen LogP) is 6.74. The molecule has 0 saturated heterocycles. The van der Waals surface area contributed by atoms with Crippen molar-refractivity contribution >= 4 is 45.3 Å². The van der Waals surface area contributed by atoms with Crippen molar-refractivity contribution in [1.82, 2.24) is 20.6 Å². The van der Waals surface area contributed by atoms with Crippen molar-refractivity contribution in [3.8, 4) is 0 Å². The van der Waals surface area contributed by atoms with Crippen molar-refractivity contribution in [3.63, 3.8) is 0 Å². The van der Waals surface area contributed by atoms with Gasteiger partial charge < -0.3 is 20.9 Å². The average molecular weight is 601 g/mol. The molecule has 230 valence electrons. The number of nitrogens with one attached hydrogen (secondary N) is 3. The minimum absolute atomic E-state index is 0.223. The third kappa shape index (κ3) is 6.75. The Labute approximate surface area is 264 Å². The Morgan fingerprint density at radius 2 is 1.42 bits per heavy atom. The first-order valence-corrected chi connectivity index (χ1v) is 15.7. The zero-order chi connectivity index (χ0) is 31.3. The predicted molar refractivity (Wildman–Crippen MR) is 182 cm³/mol. The number of carbonyl (C=O) groups excluding carboxylic acids is 2. The zero-order valence-electron chi connectivity index (χ0n) is 26.1. The third-order valence-corrected chi connectivity index (χ3v) is 8.79. The highest BCUT2D eigenvalue weighted by Crippen LogP contribution is 2.29. The molecule has 1 saturated carbocycles. The van der Waals surface area contributed by atoms with E-state index in [1.54, 1.807) is 24.3 Å². The van der Waals surface area contributed by atoms with Crippen LogP contribution in [0.4, 0.5) is 11.8 Å². The number of amides is 2. The normalized spacial score (nSPS) is 17.0. The minimum Gasteiger partial charge on any atom is -0.362 e. The summed E-state index contributed by atoms with van der Waals surface area (Å²) in [6, 6.07) is 29.4. The van der Waals surface area contributed by atoms with Crippen molar-refractivity contribution < 1.29 is 9.59 Å². The molecule has 0 unspecified atom stereocenters. The Morgan fingerprint density at radius 3 is 2.18 bits per heavy atom. The summed E-state index contributed by atoms with van der Waals surface area (Å²) in [6.07, 6.45) is 3.91. The van der Waals surface area contributed by atoms with Gasteiger partial charge in [-0.1, -0.05) is 66.7 Å². The highest BCUT2D eigenvalue weighted by Gasteiger charge is 2.24. The second-order valence-corrected chi connectivity index (χ2v) is 12.2. The average Bonchev–Trinajstić information content (AvgIpc) is 3.07. The van der Waals surface area contributed by atoms with Crippen LogP contribution in [0.1, 0.15) is 64.9 Å². The molecule has 0 aliphatic heterocycles. The summed E-state index contributed by atoms with van der Waals surface area (Å²) in [4.78, 5) is 38.3. The maximum atomic E-state index is 13.4. The molecule has 0 bridgehead atoms. The molecule has 0 spiro atoms. The third-order valence-electron chi connectivity index (χ3n) is 8.79. The van der Waals surface area contributed by atoms with Crippen molar-refractivity contribution in [1.29, 1.82) is 0 Å². The van der Waals surface area contributed by atoms with Crippen LogP contribution in [0.5, 0.6) is 0 Å². The van der Waals surface area contributed by atoms with Gasteiger partial charge in [-0.25, -0.2) is 4.98 Å². The van der Waals surface area contributed by atoms with E-state index in [-0.39, 0.29) is 23.9 Å². The summed E-state index contributed by atoms with van der Waals surface area (Å²) in [5, 5.41) is 13.0. The van der Waals surface area contributed by atoms with Gasteiger partial charge in [0.1, 0.15) is 5.82 Å². The largest absolute Gasteiger partial charge is 0.362 e. The van der Waals surface area contributed by atoms with E-state index < -0.39 is 0 Å². The van der Waals surface area contributed by atoms with Crippen LogP contribution in [-0.2, 0) is 0 Å². The van der Waals surface area contributed by atoms with Crippen LogP contribution in [0.2, 0.25) is 0 Å². The maximum Gasteiger partial charge on any atom is 0.252 e. The van der Waals surface area contributed by atoms with Crippen molar-refractivity contribution in [3.05, 3.63) is 108 Å². The molecule has 4 aromatic carbocycles. The van der Waals surface area contributed by atoms with Gasteiger partial charge in [0.2, 0.25) is 5.95 Å². The number of anilines is 2. The monoisotopic (exact) mass is 600 g/mol. The molecule has 0 radical (unpaired) electrons. The molecule has 3 N–H and O–H groups in total. The quantitative estimate of drug-likeness (QED) is 0.173. The standard InChI is InChI=1S/C37H40N6O2/c1-24(28-17-10-12-26-11-4-5-13-29(26)28)39-36(45)31-15-7-6-14-30(31)35(44)38-23-25-19-21-27(22-20-25)40-37-41-33-18-9-8-16-32(33)34(42-37)43(2)3/h4-18,24-25,27H,19-23H2,1-3H3,(H,38,44)(H,39,45)(H,40,41,42)/t24-,25-,27+/m1/s1. The summed E-state index contributed by atoms with van der Waals surface area (Å²) < 4.78 is 0. The first-order valence-electron chi connectivity index (χ1n) is 15.7. The fraction of sp³-hybridized carbons (Fsp3) is 0.297. The first-order chi connectivity index (χ1) is 21.9. The van der Waals surface area contributed by atoms with Gasteiger partial charge in [-0.2, -0.15) is 4.98 Å². The topological polar surface area (TPSA) is 99.2 Å². The van der Waals surface area contributed by atoms with Crippen LogP contribution >= 0.6 is 0 Å². The summed E-state index contributed by atoms with van der Waals surface area (Å²) in [6.45, 7) is 2.55. The van der Waals surface area contributed by atoms with Gasteiger partial charge >= 0.3 is 0 Å². The Hall–Kier alpha value is -4.98. The molecule has 5 aromatic rings. The van der Waals surface area contributed by atoms with Crippen molar-refractivity contribution in [2.45, 2.75) is 44.7 Å². The van der Waals surface area contributed by atoms with Crippen molar-refractivity contribution in [2.75, 3.05) is 30.9 Å². The number of aromatic nitrogens is 2. The molecule has 1 fully saturated rings. The van der Waals surface area contributed by atoms with Crippen LogP contribution in [0.25, 0.3) is 21.7 Å². The van der Waals surface area contributed by atoms with Gasteiger partial charge in [-0.3, -0.25) is 9.59 Å². The lowest BCUT2D eigenvalue weighted by atomic mass is 9.86. The van der Waals surface area contributed by atoms with E-state index in [1.165, 1.54) is 0 Å². The zero-order valence-corrected chi connectivity index (χ0v) is 26.1. The van der Waals surface area contributed by atoms with Crippen LogP contribution < -0.4 is 20.9 Å². The van der Waals surface area contributed by atoms with E-state index in [2.05, 4.69) is 34.1 Å². The number of benzene rings is 4. The van der Waals surface area contributed by atoms with E-state index in [1.807, 2.05) is 74.4 Å². The molecule has 1 aliphatic rings. The van der Waals surface area contributed by atoms with E-state index in [9.17, 15) is 9.59 Å². The van der Waals surface area contributed by atoms with E-state index in [4.69, 9.17) is 9.97 Å². The minimum atomic E-state index is -0.263. The molecule has 6 rings (SSSR count). The second-order valence-electron chi connectivity index (χ2n) is 12.2. The maximum absolute atomic E-state index is 13.4. The molecule has 1 aromatic heterocycles. The molecule has 2 amide bonds. The Morgan fingerprint density at radius 1 is 0.778 bits per heavy atom. The molecule has 45 heavy (non-hydrogen) atoms. The summed E-state index contributed by atoms with van der Waals surface area (Å²) in [7, 11) is 3.99. The number of nitrogens with zero attached hydrogens (tertiary/aromatic N) is 3. The first kappa shape index (κ1) is 30.1. The number of rotatable bonds is 9. The summed E-state index contributed by atoms with van der Waals surface area (Å²) in [5.74, 6) is 1.44. The molecule has 8 heteroatoms. The van der Waals surface area contributed by atoms with Gasteiger partial charge in [-0.05, 0) is 79.1 Å². The number of para-hydroxylation sites is 1. The molecular weight excluding hydrogens is 560 g/mol. The Balaban J connectivity index is 1.04. The highest BCUT2D eigenvalue weighted by atomic mass is 16.2. The van der Waals surface area contributed by atoms with E-state index >= 15 is 0 Å². The highest BCUT2D eigenvalue weighted by molar-refractivity contribution is 6.07. The molecule has 8 nitrogen and oxygen atoms in total. The lowest BCUT2D eigenvalue weighted by molar-refractivity contribution is 0.0907. The lowest BCUT2D eigenvalue weighted by Gasteiger charge is -2.29. The van der Waals surface area contributed by atoms with Gasteiger partial charge in [0.05, 0.1) is 22.7 Å². The fourth-order valence-corrected chi connectivity index (χ4v) is 6.35. The van der Waals surface area contributed by atoms with Crippen LogP contribution in [-0.4, -0.2) is 48.5 Å². The Bertz CT molecular complexity index is 1820. The van der Waals surface area contributed by atoms with Gasteiger partial charge in [-0.15, -0.1) is 0 Å². The van der Waals surface area contributed by atoms with E-state index in [0.717, 1.165) is 58.7 Å². The second kappa shape index (κ2) is 13.3. The summed E-state index contributed by atoms with van der Waals surface area (Å²) >= 11 is 0. The van der Waals surface area contributed by atoms with Gasteiger partial charge in [0.15, 0.2) is 0 Å². The molecule has 1 atom stereocenters. The Kier molecular flexibility index (Phi) is 8.91. The molecular formula is C37H40N6O2. The SMILES string of the molecule is C[C@@H](NC(=O)c1ccccc1C(=O)NC[C@H]1CC[C@@H](Nc2nc(N(C)C)c3ccccc3n2)CC1)c1cccc2ccccc12. The van der Waals surface area contributed by atoms with E-state index in [0.29, 0.717) is 29.5 Å². The molecule has 1 heterocycles. The summed E-state index contributed by atoms with van der Waals surface area (Å²) in [5.41, 5.74) is 2.73. The van der Waals surface area contributed by atoms with Crippen LogP contribution in [0, 0.1) is 5.92 Å². The lowest BCUT2D eigenvalue weighted by Crippen LogP contribution is -2.35. The van der Waals surface area contributed by atoms with Crippen LogP contribution in [0.3, 0.4) is 0 Å². The fourth-order valence-electron chi connectivity index (χ4n) is 6.35. The number of hydrogen-bond donors (Lipinski definition) is 3. The van der Waals surface area contributed by atoms with Crippen LogP contribution in [0.15, 0.2) is 91.0 Å².